The summed E-state index contributed by atoms with van der Waals surface area (Å²) in [7, 11) is 3.17. The molecule has 0 saturated carbocycles. The molecule has 0 heterocycles. The van der Waals surface area contributed by atoms with Gasteiger partial charge in [0.1, 0.15) is 18.2 Å². The van der Waals surface area contributed by atoms with Gasteiger partial charge in [-0.05, 0) is 53.9 Å². The second-order valence-corrected chi connectivity index (χ2v) is 6.77. The van der Waals surface area contributed by atoms with Crippen molar-refractivity contribution < 1.29 is 23.4 Å². The predicted molar refractivity (Wildman–Crippen MR) is 117 cm³/mol. The lowest BCUT2D eigenvalue weighted by molar-refractivity contribution is 0.252. The Labute approximate surface area is 181 Å². The van der Waals surface area contributed by atoms with Crippen molar-refractivity contribution in [1.82, 2.24) is 5.32 Å². The van der Waals surface area contributed by atoms with E-state index in [9.17, 15) is 9.18 Å². The first kappa shape index (κ1) is 22.0. The lowest BCUT2D eigenvalue weighted by Gasteiger charge is -2.11. The van der Waals surface area contributed by atoms with Gasteiger partial charge in [0, 0.05) is 18.3 Å². The van der Waals surface area contributed by atoms with Gasteiger partial charge in [-0.1, -0.05) is 24.3 Å². The van der Waals surface area contributed by atoms with Crippen molar-refractivity contribution in [3.8, 4) is 17.2 Å². The maximum absolute atomic E-state index is 13.3. The number of amides is 2. The Balaban J connectivity index is 1.47. The van der Waals surface area contributed by atoms with Crippen molar-refractivity contribution in [2.75, 3.05) is 26.1 Å². The third-order valence-corrected chi connectivity index (χ3v) is 4.53. The van der Waals surface area contributed by atoms with Gasteiger partial charge in [-0.3, -0.25) is 0 Å². The van der Waals surface area contributed by atoms with Crippen molar-refractivity contribution in [3.05, 3.63) is 83.7 Å². The number of benzene rings is 3. The minimum Gasteiger partial charge on any atom is -0.493 e. The quantitative estimate of drug-likeness (QED) is 0.518. The highest BCUT2D eigenvalue weighted by Gasteiger charge is 2.06. The van der Waals surface area contributed by atoms with Crippen LogP contribution < -0.4 is 24.8 Å². The van der Waals surface area contributed by atoms with Crippen molar-refractivity contribution in [1.29, 1.82) is 0 Å². The number of methoxy groups -OCH3 is 2. The summed E-state index contributed by atoms with van der Waals surface area (Å²) in [5.74, 6) is 1.59. The molecule has 0 aliphatic carbocycles. The van der Waals surface area contributed by atoms with E-state index in [1.807, 2.05) is 18.2 Å². The van der Waals surface area contributed by atoms with E-state index in [0.29, 0.717) is 35.9 Å². The lowest BCUT2D eigenvalue weighted by atomic mass is 10.1. The van der Waals surface area contributed by atoms with Crippen molar-refractivity contribution in [3.63, 3.8) is 0 Å². The Morgan fingerprint density at radius 2 is 1.71 bits per heavy atom. The Kier molecular flexibility index (Phi) is 7.70. The molecule has 3 aromatic rings. The molecular formula is C24H25FN2O4. The van der Waals surface area contributed by atoms with E-state index in [2.05, 4.69) is 10.6 Å². The van der Waals surface area contributed by atoms with Crippen molar-refractivity contribution in [2.24, 2.45) is 0 Å². The van der Waals surface area contributed by atoms with Gasteiger partial charge in [0.25, 0.3) is 0 Å². The van der Waals surface area contributed by atoms with Crippen LogP contribution in [-0.4, -0.2) is 26.8 Å². The molecule has 0 unspecified atom stereocenters. The van der Waals surface area contributed by atoms with Gasteiger partial charge < -0.3 is 24.8 Å². The molecule has 0 aliphatic rings. The van der Waals surface area contributed by atoms with E-state index < -0.39 is 0 Å². The molecule has 162 valence electrons. The molecule has 3 aromatic carbocycles. The number of urea groups is 1. The fraction of sp³-hybridized carbons (Fsp3) is 0.208. The maximum atomic E-state index is 13.3. The standard InChI is InChI=1S/C24H25FN2O4/c1-29-22-10-9-17(14-23(22)30-2)11-12-26-24(28)27-20-7-4-8-21(15-20)31-16-18-5-3-6-19(25)13-18/h3-10,13-15H,11-12,16H2,1-2H3,(H2,26,27,28). The van der Waals surface area contributed by atoms with Gasteiger partial charge in [0.05, 0.1) is 14.2 Å². The van der Waals surface area contributed by atoms with Gasteiger partial charge in [0.2, 0.25) is 0 Å². The second kappa shape index (κ2) is 10.9. The van der Waals surface area contributed by atoms with Gasteiger partial charge in [0.15, 0.2) is 11.5 Å². The summed E-state index contributed by atoms with van der Waals surface area (Å²) in [6.07, 6.45) is 0.643. The van der Waals surface area contributed by atoms with Crippen molar-refractivity contribution >= 4 is 11.7 Å². The first-order valence-electron chi connectivity index (χ1n) is 9.80. The first-order chi connectivity index (χ1) is 15.1. The number of carbonyl (C=O) groups is 1. The molecule has 0 spiro atoms. The molecule has 0 saturated heterocycles. The number of hydrogen-bond donors (Lipinski definition) is 2. The third-order valence-electron chi connectivity index (χ3n) is 4.53. The van der Waals surface area contributed by atoms with Gasteiger partial charge in [-0.2, -0.15) is 0 Å². The molecule has 0 fully saturated rings. The number of halogens is 1. The molecule has 0 bridgehead atoms. The molecule has 0 radical (unpaired) electrons. The van der Waals surface area contributed by atoms with Crippen LogP contribution in [0, 0.1) is 5.82 Å². The highest BCUT2D eigenvalue weighted by molar-refractivity contribution is 5.89. The fourth-order valence-corrected chi connectivity index (χ4v) is 2.99. The van der Waals surface area contributed by atoms with Gasteiger partial charge in [-0.15, -0.1) is 0 Å². The zero-order valence-electron chi connectivity index (χ0n) is 17.5. The number of anilines is 1. The van der Waals surface area contributed by atoms with Crippen LogP contribution in [0.3, 0.4) is 0 Å². The summed E-state index contributed by atoms with van der Waals surface area (Å²) in [6, 6.07) is 18.6. The average molecular weight is 424 g/mol. The zero-order chi connectivity index (χ0) is 22.1. The molecule has 0 atom stereocenters. The van der Waals surface area contributed by atoms with Crippen LogP contribution in [0.25, 0.3) is 0 Å². The largest absolute Gasteiger partial charge is 0.493 e. The maximum Gasteiger partial charge on any atom is 0.319 e. The zero-order valence-corrected chi connectivity index (χ0v) is 17.5. The van der Waals surface area contributed by atoms with Gasteiger partial charge in [-0.25, -0.2) is 9.18 Å². The Morgan fingerprint density at radius 1 is 0.903 bits per heavy atom. The minimum atomic E-state index is -0.317. The summed E-state index contributed by atoms with van der Waals surface area (Å²) < 4.78 is 29.5. The van der Waals surface area contributed by atoms with E-state index in [1.54, 1.807) is 50.6 Å². The molecule has 2 N–H and O–H groups in total. The van der Waals surface area contributed by atoms with E-state index in [1.165, 1.54) is 12.1 Å². The highest BCUT2D eigenvalue weighted by Crippen LogP contribution is 2.27. The Morgan fingerprint density at radius 3 is 2.48 bits per heavy atom. The normalized spacial score (nSPS) is 10.3. The molecule has 3 rings (SSSR count). The van der Waals surface area contributed by atoms with Gasteiger partial charge >= 0.3 is 6.03 Å². The van der Waals surface area contributed by atoms with E-state index in [4.69, 9.17) is 14.2 Å². The molecule has 2 amide bonds. The topological polar surface area (TPSA) is 68.8 Å². The summed E-state index contributed by atoms with van der Waals surface area (Å²) in [4.78, 5) is 12.2. The summed E-state index contributed by atoms with van der Waals surface area (Å²) in [5.41, 5.74) is 2.34. The predicted octanol–water partition coefficient (Wildman–Crippen LogP) is 4.79. The molecule has 6 nitrogen and oxygen atoms in total. The van der Waals surface area contributed by atoms with Crippen LogP contribution in [0.15, 0.2) is 66.7 Å². The smallest absolute Gasteiger partial charge is 0.319 e. The molecular weight excluding hydrogens is 399 g/mol. The molecule has 0 aromatic heterocycles. The van der Waals surface area contributed by atoms with Crippen LogP contribution >= 0.6 is 0 Å². The fourth-order valence-electron chi connectivity index (χ4n) is 2.99. The summed E-state index contributed by atoms with van der Waals surface area (Å²) >= 11 is 0. The second-order valence-electron chi connectivity index (χ2n) is 6.77. The monoisotopic (exact) mass is 424 g/mol. The molecule has 31 heavy (non-hydrogen) atoms. The number of nitrogens with one attached hydrogen (secondary N) is 2. The Bertz CT molecular complexity index is 1030. The summed E-state index contributed by atoms with van der Waals surface area (Å²) in [5, 5.41) is 5.61. The number of hydrogen-bond acceptors (Lipinski definition) is 4. The molecule has 7 heteroatoms. The van der Waals surface area contributed by atoms with E-state index in [-0.39, 0.29) is 18.5 Å². The number of carbonyl (C=O) groups excluding carboxylic acids is 1. The van der Waals surface area contributed by atoms with Crippen LogP contribution in [0.4, 0.5) is 14.9 Å². The number of rotatable bonds is 9. The van der Waals surface area contributed by atoms with Crippen molar-refractivity contribution in [2.45, 2.75) is 13.0 Å². The number of ether oxygens (including phenoxy) is 3. The van der Waals surface area contributed by atoms with Crippen LogP contribution in [0.2, 0.25) is 0 Å². The highest BCUT2D eigenvalue weighted by atomic mass is 19.1. The molecule has 0 aliphatic heterocycles. The first-order valence-corrected chi connectivity index (χ1v) is 9.80. The van der Waals surface area contributed by atoms with E-state index >= 15 is 0 Å². The SMILES string of the molecule is COc1ccc(CCNC(=O)Nc2cccc(OCc3cccc(F)c3)c2)cc1OC. The Hall–Kier alpha value is -3.74. The van der Waals surface area contributed by atoms with Crippen LogP contribution in [0.5, 0.6) is 17.2 Å². The van der Waals surface area contributed by atoms with Crippen LogP contribution in [-0.2, 0) is 13.0 Å². The van der Waals surface area contributed by atoms with Crippen LogP contribution in [0.1, 0.15) is 11.1 Å². The average Bonchev–Trinajstić information content (AvgIpc) is 2.78. The summed E-state index contributed by atoms with van der Waals surface area (Å²) in [6.45, 7) is 0.690. The third kappa shape index (κ3) is 6.64. The minimum absolute atomic E-state index is 0.235. The lowest BCUT2D eigenvalue weighted by Crippen LogP contribution is -2.30. The van der Waals surface area contributed by atoms with E-state index in [0.717, 1.165) is 11.1 Å².